The van der Waals surface area contributed by atoms with E-state index in [1.807, 2.05) is 0 Å². The van der Waals surface area contributed by atoms with Crippen LogP contribution in [-0.4, -0.2) is 11.0 Å². The van der Waals surface area contributed by atoms with Gasteiger partial charge in [0.05, 0.1) is 5.56 Å². The van der Waals surface area contributed by atoms with Crippen molar-refractivity contribution in [1.29, 1.82) is 0 Å². The molecule has 0 saturated heterocycles. The molecule has 0 aliphatic heterocycles. The maximum absolute atomic E-state index is 13.6. The van der Waals surface area contributed by atoms with Gasteiger partial charge in [-0.3, -0.25) is 15.4 Å². The Kier molecular flexibility index (Phi) is 5.80. The third kappa shape index (κ3) is 4.94. The van der Waals surface area contributed by atoms with Crippen molar-refractivity contribution in [3.63, 3.8) is 0 Å². The second-order valence-corrected chi connectivity index (χ2v) is 7.09. The van der Waals surface area contributed by atoms with E-state index in [0.717, 1.165) is 5.56 Å². The summed E-state index contributed by atoms with van der Waals surface area (Å²) in [6, 6.07) is 14.1. The van der Waals surface area contributed by atoms with Crippen molar-refractivity contribution < 1.29 is 14.5 Å². The summed E-state index contributed by atoms with van der Waals surface area (Å²) in [4.78, 5) is 12.0. The summed E-state index contributed by atoms with van der Waals surface area (Å²) in [5.41, 5.74) is 2.47. The van der Waals surface area contributed by atoms with Gasteiger partial charge in [0.2, 0.25) is 0 Å². The van der Waals surface area contributed by atoms with E-state index in [0.29, 0.717) is 11.7 Å². The lowest BCUT2D eigenvalue weighted by Crippen LogP contribution is -2.89. The Morgan fingerprint density at radius 2 is 1.75 bits per heavy atom. The molecule has 24 heavy (non-hydrogen) atoms. The third-order valence-electron chi connectivity index (χ3n) is 3.70. The largest absolute Gasteiger partial charge is 0.285 e. The summed E-state index contributed by atoms with van der Waals surface area (Å²) in [5, 5.41) is 4.58. The fraction of sp³-hybridized carbons (Fsp3) is 0.263. The minimum atomic E-state index is -0.560. The smallest absolute Gasteiger partial charge is 0.273 e. The van der Waals surface area contributed by atoms with Crippen molar-refractivity contribution >= 4 is 23.2 Å². The fourth-order valence-electron chi connectivity index (χ4n) is 2.23. The number of nitrogens with two attached hydrogens (primary N) is 1. The fourth-order valence-corrected chi connectivity index (χ4v) is 2.40. The van der Waals surface area contributed by atoms with Crippen molar-refractivity contribution in [2.75, 3.05) is 0 Å². The van der Waals surface area contributed by atoms with Crippen molar-refractivity contribution in [3.8, 4) is 0 Å². The minimum Gasteiger partial charge on any atom is -0.285 e. The molecule has 0 aromatic heterocycles. The topological polar surface area (TPSA) is 45.7 Å². The van der Waals surface area contributed by atoms with Crippen LogP contribution in [0, 0.1) is 5.82 Å². The van der Waals surface area contributed by atoms with Crippen LogP contribution in [0.3, 0.4) is 0 Å². The van der Waals surface area contributed by atoms with Crippen LogP contribution in [-0.2, 0) is 12.0 Å². The van der Waals surface area contributed by atoms with Crippen molar-refractivity contribution in [2.45, 2.75) is 32.7 Å². The lowest BCUT2D eigenvalue weighted by molar-refractivity contribution is -0.556. The molecule has 0 spiro atoms. The second-order valence-electron chi connectivity index (χ2n) is 6.65. The van der Waals surface area contributed by atoms with E-state index in [1.165, 1.54) is 23.8 Å². The summed E-state index contributed by atoms with van der Waals surface area (Å²) in [5.74, 6) is -1.09. The zero-order valence-corrected chi connectivity index (χ0v) is 14.9. The van der Waals surface area contributed by atoms with E-state index in [9.17, 15) is 9.18 Å². The van der Waals surface area contributed by atoms with Gasteiger partial charge in [-0.25, -0.2) is 4.39 Å². The quantitative estimate of drug-likeness (QED) is 0.840. The predicted octanol–water partition coefficient (Wildman–Crippen LogP) is 2.90. The molecule has 3 nitrogen and oxygen atoms in total. The number of amides is 1. The van der Waals surface area contributed by atoms with Gasteiger partial charge in [-0.05, 0) is 23.1 Å². The highest BCUT2D eigenvalue weighted by molar-refractivity contribution is 7.79. The van der Waals surface area contributed by atoms with Gasteiger partial charge in [0.15, 0.2) is 0 Å². The van der Waals surface area contributed by atoms with Crippen molar-refractivity contribution in [2.24, 2.45) is 0 Å². The second kappa shape index (κ2) is 7.64. The van der Waals surface area contributed by atoms with Gasteiger partial charge in [0.1, 0.15) is 12.4 Å². The van der Waals surface area contributed by atoms with Crippen molar-refractivity contribution in [3.05, 3.63) is 71.0 Å². The van der Waals surface area contributed by atoms with Gasteiger partial charge in [0.25, 0.3) is 11.0 Å². The summed E-state index contributed by atoms with van der Waals surface area (Å²) in [7, 11) is 0. The number of carbonyl (C=O) groups is 1. The molecule has 0 atom stereocenters. The molecule has 0 unspecified atom stereocenters. The van der Waals surface area contributed by atoms with E-state index in [-0.39, 0.29) is 11.0 Å². The highest BCUT2D eigenvalue weighted by atomic mass is 32.1. The minimum absolute atomic E-state index is 0.0113. The van der Waals surface area contributed by atoms with Gasteiger partial charge in [-0.1, -0.05) is 57.2 Å². The molecule has 2 aromatic rings. The first-order valence-electron chi connectivity index (χ1n) is 7.80. The lowest BCUT2D eigenvalue weighted by atomic mass is 9.87. The molecule has 5 heteroatoms. The number of hydrogen-bond donors (Lipinski definition) is 2. The van der Waals surface area contributed by atoms with E-state index >= 15 is 0 Å². The van der Waals surface area contributed by atoms with Gasteiger partial charge in [-0.15, -0.1) is 0 Å². The molecular weight excluding hydrogens is 323 g/mol. The predicted molar refractivity (Wildman–Crippen MR) is 97.2 cm³/mol. The van der Waals surface area contributed by atoms with E-state index in [2.05, 4.69) is 50.4 Å². The molecule has 0 saturated carbocycles. The van der Waals surface area contributed by atoms with Gasteiger partial charge in [0, 0.05) is 17.8 Å². The first kappa shape index (κ1) is 18.2. The summed E-state index contributed by atoms with van der Waals surface area (Å²) >= 11 is 5.15. The maximum Gasteiger partial charge on any atom is 0.273 e. The Morgan fingerprint density at radius 1 is 1.12 bits per heavy atom. The standard InChI is InChI=1S/C19H21FN2OS/c1-19(2,3)14-10-8-13(9-11-14)12-21-18(24)22-17(23)15-6-4-5-7-16(15)20/h4-11H,12H2,1-3H3,(H2,21,22,23,24)/p+1. The molecule has 0 aliphatic carbocycles. The van der Waals surface area contributed by atoms with Crippen LogP contribution in [0.15, 0.2) is 48.5 Å². The average molecular weight is 345 g/mol. The Balaban J connectivity index is 1.89. The molecule has 126 valence electrons. The molecule has 1 amide bonds. The van der Waals surface area contributed by atoms with Crippen LogP contribution in [0.5, 0.6) is 0 Å². The molecule has 0 fully saturated rings. The average Bonchev–Trinajstić information content (AvgIpc) is 2.53. The highest BCUT2D eigenvalue weighted by Gasteiger charge is 2.15. The number of rotatable bonds is 3. The SMILES string of the molecule is CC(C)(C)c1ccc(C[NH2+]C(=S)NC(=O)c2ccccc2F)cc1. The number of halogens is 1. The van der Waals surface area contributed by atoms with Crippen LogP contribution < -0.4 is 10.6 Å². The van der Waals surface area contributed by atoms with Gasteiger partial charge < -0.3 is 0 Å². The molecule has 0 aliphatic rings. The summed E-state index contributed by atoms with van der Waals surface area (Å²) in [6.07, 6.45) is 0. The first-order chi connectivity index (χ1) is 11.3. The number of quaternary nitrogens is 1. The molecular formula is C19H22FN2OS+. The normalized spacial score (nSPS) is 11.2. The highest BCUT2D eigenvalue weighted by Crippen LogP contribution is 2.21. The lowest BCUT2D eigenvalue weighted by Gasteiger charge is -2.18. The van der Waals surface area contributed by atoms with Crippen molar-refractivity contribution in [1.82, 2.24) is 5.32 Å². The maximum atomic E-state index is 13.6. The van der Waals surface area contributed by atoms with Crippen LogP contribution in [0.25, 0.3) is 0 Å². The van der Waals surface area contributed by atoms with E-state index in [1.54, 1.807) is 11.4 Å². The zero-order valence-electron chi connectivity index (χ0n) is 14.1. The van der Waals surface area contributed by atoms with Gasteiger partial charge in [-0.2, -0.15) is 0 Å². The number of nitrogens with one attached hydrogen (secondary N) is 1. The molecule has 2 rings (SSSR count). The Hall–Kier alpha value is -2.11. The molecule has 0 bridgehead atoms. The molecule has 0 radical (unpaired) electrons. The Labute approximate surface area is 147 Å². The van der Waals surface area contributed by atoms with Crippen LogP contribution in [0.2, 0.25) is 0 Å². The molecule has 2 aromatic carbocycles. The number of benzene rings is 2. The molecule has 0 heterocycles. The summed E-state index contributed by atoms with van der Waals surface area (Å²) in [6.45, 7) is 7.12. The number of hydrogen-bond acceptors (Lipinski definition) is 2. The summed E-state index contributed by atoms with van der Waals surface area (Å²) < 4.78 is 13.6. The van der Waals surface area contributed by atoms with E-state index in [4.69, 9.17) is 12.2 Å². The number of thiocarbonyl (C=S) groups is 1. The number of carbonyl (C=O) groups excluding carboxylic acids is 1. The monoisotopic (exact) mass is 345 g/mol. The molecule has 3 N–H and O–H groups in total. The first-order valence-corrected chi connectivity index (χ1v) is 8.20. The van der Waals surface area contributed by atoms with E-state index < -0.39 is 11.7 Å². The van der Waals surface area contributed by atoms with Crippen LogP contribution in [0.4, 0.5) is 4.39 Å². The Bertz CT molecular complexity index is 736. The zero-order chi connectivity index (χ0) is 17.7. The van der Waals surface area contributed by atoms with Gasteiger partial charge >= 0.3 is 0 Å². The third-order valence-corrected chi connectivity index (χ3v) is 3.97. The Morgan fingerprint density at radius 3 is 2.33 bits per heavy atom. The van der Waals surface area contributed by atoms with Crippen LogP contribution >= 0.6 is 12.2 Å². The van der Waals surface area contributed by atoms with Crippen LogP contribution in [0.1, 0.15) is 42.3 Å².